The van der Waals surface area contributed by atoms with Crippen molar-refractivity contribution in [1.82, 2.24) is 20.4 Å². The second-order valence-corrected chi connectivity index (χ2v) is 8.08. The molecule has 7 heteroatoms. The first kappa shape index (κ1) is 25.2. The van der Waals surface area contributed by atoms with Crippen LogP contribution in [-0.2, 0) is 0 Å². The van der Waals surface area contributed by atoms with Crippen LogP contribution in [-0.4, -0.2) is 75.2 Å². The summed E-state index contributed by atoms with van der Waals surface area (Å²) in [5.74, 6) is 1.84. The zero-order valence-corrected chi connectivity index (χ0v) is 21.1. The lowest BCUT2D eigenvalue weighted by molar-refractivity contribution is 0.251. The van der Waals surface area contributed by atoms with Gasteiger partial charge in [-0.3, -0.25) is 9.89 Å². The van der Waals surface area contributed by atoms with Crippen LogP contribution in [0.25, 0.3) is 0 Å². The van der Waals surface area contributed by atoms with Gasteiger partial charge in [-0.15, -0.1) is 24.0 Å². The smallest absolute Gasteiger partial charge is 0.191 e. The summed E-state index contributed by atoms with van der Waals surface area (Å²) in [6.07, 6.45) is 6.45. The predicted molar refractivity (Wildman–Crippen MR) is 136 cm³/mol. The number of likely N-dealkylation sites (tertiary alicyclic amines) is 2. The average molecular weight is 530 g/mol. The third kappa shape index (κ3) is 7.89. The Kier molecular flexibility index (Phi) is 11.8. The van der Waals surface area contributed by atoms with Crippen molar-refractivity contribution in [3.8, 4) is 5.75 Å². The van der Waals surface area contributed by atoms with Crippen LogP contribution in [0.4, 0.5) is 0 Å². The minimum absolute atomic E-state index is 0. The number of halogens is 1. The summed E-state index contributed by atoms with van der Waals surface area (Å²) < 4.78 is 5.33. The van der Waals surface area contributed by atoms with E-state index in [1.807, 2.05) is 0 Å². The zero-order chi connectivity index (χ0) is 20.3. The maximum absolute atomic E-state index is 5.33. The van der Waals surface area contributed by atoms with Crippen molar-refractivity contribution >= 4 is 29.9 Å². The van der Waals surface area contributed by atoms with E-state index in [2.05, 4.69) is 51.6 Å². The number of nitrogens with one attached hydrogen (secondary N) is 2. The molecular weight excluding hydrogens is 489 g/mol. The molecule has 0 radical (unpaired) electrons. The van der Waals surface area contributed by atoms with E-state index in [0.29, 0.717) is 6.04 Å². The van der Waals surface area contributed by atoms with E-state index in [1.54, 1.807) is 7.11 Å². The second-order valence-electron chi connectivity index (χ2n) is 8.08. The van der Waals surface area contributed by atoms with Crippen molar-refractivity contribution in [2.45, 2.75) is 45.1 Å². The molecule has 0 aromatic heterocycles. The third-order valence-corrected chi connectivity index (χ3v) is 5.99. The van der Waals surface area contributed by atoms with Crippen LogP contribution in [0.5, 0.6) is 5.75 Å². The second kappa shape index (κ2) is 14.1. The molecule has 1 unspecified atom stereocenters. The lowest BCUT2D eigenvalue weighted by atomic mass is 10.1. The Bertz CT molecular complexity index is 613. The number of rotatable bonds is 10. The molecular formula is C23H40IN5O. The Balaban J connectivity index is 0.00000320. The molecule has 30 heavy (non-hydrogen) atoms. The molecule has 0 saturated carbocycles. The van der Waals surface area contributed by atoms with Crippen LogP contribution in [0.1, 0.15) is 50.6 Å². The largest absolute Gasteiger partial charge is 0.497 e. The number of ether oxygens (including phenoxy) is 1. The molecule has 0 spiro atoms. The lowest BCUT2D eigenvalue weighted by Crippen LogP contribution is -2.39. The normalized spacial score (nSPS) is 18.8. The van der Waals surface area contributed by atoms with Gasteiger partial charge < -0.3 is 20.3 Å². The van der Waals surface area contributed by atoms with Gasteiger partial charge in [-0.25, -0.2) is 0 Å². The number of guanidine groups is 1. The minimum Gasteiger partial charge on any atom is -0.497 e. The number of nitrogens with zero attached hydrogens (tertiary/aromatic N) is 3. The molecule has 0 aliphatic carbocycles. The first-order chi connectivity index (χ1) is 14.3. The van der Waals surface area contributed by atoms with Gasteiger partial charge in [0, 0.05) is 13.1 Å². The summed E-state index contributed by atoms with van der Waals surface area (Å²) in [6.45, 7) is 10.8. The first-order valence-corrected chi connectivity index (χ1v) is 11.4. The third-order valence-electron chi connectivity index (χ3n) is 5.99. The molecule has 2 fully saturated rings. The molecule has 2 N–H and O–H groups in total. The molecule has 2 aliphatic rings. The molecule has 1 aromatic rings. The number of hydrogen-bond donors (Lipinski definition) is 2. The summed E-state index contributed by atoms with van der Waals surface area (Å²) in [5.41, 5.74) is 1.32. The van der Waals surface area contributed by atoms with Gasteiger partial charge in [0.05, 0.1) is 19.7 Å². The fourth-order valence-electron chi connectivity index (χ4n) is 4.35. The van der Waals surface area contributed by atoms with Gasteiger partial charge in [-0.05, 0) is 89.4 Å². The van der Waals surface area contributed by atoms with Gasteiger partial charge >= 0.3 is 0 Å². The molecule has 2 aliphatic heterocycles. The molecule has 1 atom stereocenters. The Labute approximate surface area is 199 Å². The van der Waals surface area contributed by atoms with E-state index in [-0.39, 0.29) is 24.0 Å². The molecule has 170 valence electrons. The van der Waals surface area contributed by atoms with Crippen LogP contribution in [0, 0.1) is 0 Å². The maximum atomic E-state index is 5.33. The van der Waals surface area contributed by atoms with E-state index < -0.39 is 0 Å². The van der Waals surface area contributed by atoms with Gasteiger partial charge in [0.1, 0.15) is 5.75 Å². The van der Waals surface area contributed by atoms with E-state index in [9.17, 15) is 0 Å². The van der Waals surface area contributed by atoms with E-state index in [4.69, 9.17) is 9.73 Å². The zero-order valence-electron chi connectivity index (χ0n) is 18.7. The van der Waals surface area contributed by atoms with E-state index in [0.717, 1.165) is 44.4 Å². The lowest BCUT2D eigenvalue weighted by Gasteiger charge is -2.27. The van der Waals surface area contributed by atoms with Crippen molar-refractivity contribution in [2.75, 3.05) is 59.5 Å². The number of aliphatic imine (C=N–C) groups is 1. The molecule has 0 amide bonds. The SMILES string of the molecule is CCNC(=NCC(c1ccc(OC)cc1)N1CCCC1)NCCCN1CCCC1.I. The number of hydrogen-bond acceptors (Lipinski definition) is 4. The average Bonchev–Trinajstić information content (AvgIpc) is 3.46. The van der Waals surface area contributed by atoms with Gasteiger partial charge in [0.15, 0.2) is 5.96 Å². The highest BCUT2D eigenvalue weighted by Crippen LogP contribution is 2.27. The van der Waals surface area contributed by atoms with Crippen LogP contribution >= 0.6 is 24.0 Å². The van der Waals surface area contributed by atoms with Crippen LogP contribution < -0.4 is 15.4 Å². The predicted octanol–water partition coefficient (Wildman–Crippen LogP) is 3.49. The highest BCUT2D eigenvalue weighted by molar-refractivity contribution is 14.0. The summed E-state index contributed by atoms with van der Waals surface area (Å²) in [6, 6.07) is 8.82. The Morgan fingerprint density at radius 3 is 2.33 bits per heavy atom. The fraction of sp³-hybridized carbons (Fsp3) is 0.696. The highest BCUT2D eigenvalue weighted by Gasteiger charge is 2.23. The van der Waals surface area contributed by atoms with Crippen LogP contribution in [0.2, 0.25) is 0 Å². The van der Waals surface area contributed by atoms with Crippen LogP contribution in [0.3, 0.4) is 0 Å². The number of benzene rings is 1. The molecule has 3 rings (SSSR count). The summed E-state index contributed by atoms with van der Waals surface area (Å²) >= 11 is 0. The van der Waals surface area contributed by atoms with Crippen molar-refractivity contribution in [3.63, 3.8) is 0 Å². The van der Waals surface area contributed by atoms with Gasteiger partial charge in [-0.1, -0.05) is 12.1 Å². The van der Waals surface area contributed by atoms with Crippen LogP contribution in [0.15, 0.2) is 29.3 Å². The van der Waals surface area contributed by atoms with Crippen molar-refractivity contribution < 1.29 is 4.74 Å². The van der Waals surface area contributed by atoms with Gasteiger partial charge in [-0.2, -0.15) is 0 Å². The Hall–Kier alpha value is -1.06. The standard InChI is InChI=1S/C23H39N5O.HI/c1-3-24-23(25-13-8-16-27-14-4-5-15-27)26-19-22(28-17-6-7-18-28)20-9-11-21(29-2)12-10-20;/h9-12,22H,3-8,13-19H2,1-2H3,(H2,24,25,26);1H. The maximum Gasteiger partial charge on any atom is 0.191 e. The fourth-order valence-corrected chi connectivity index (χ4v) is 4.35. The van der Waals surface area contributed by atoms with Gasteiger partial charge in [0.2, 0.25) is 0 Å². The van der Waals surface area contributed by atoms with E-state index >= 15 is 0 Å². The first-order valence-electron chi connectivity index (χ1n) is 11.4. The van der Waals surface area contributed by atoms with E-state index in [1.165, 1.54) is 57.3 Å². The molecule has 0 bridgehead atoms. The summed E-state index contributed by atoms with van der Waals surface area (Å²) in [7, 11) is 1.72. The van der Waals surface area contributed by atoms with Crippen molar-refractivity contribution in [3.05, 3.63) is 29.8 Å². The Morgan fingerprint density at radius 1 is 1.03 bits per heavy atom. The molecule has 2 saturated heterocycles. The molecule has 2 heterocycles. The quantitative estimate of drug-likeness (QED) is 0.211. The topological polar surface area (TPSA) is 52.1 Å². The summed E-state index contributed by atoms with van der Waals surface area (Å²) in [5, 5.41) is 6.95. The Morgan fingerprint density at radius 2 is 1.70 bits per heavy atom. The number of methoxy groups -OCH3 is 1. The minimum atomic E-state index is 0. The van der Waals surface area contributed by atoms with Gasteiger partial charge in [0.25, 0.3) is 0 Å². The highest BCUT2D eigenvalue weighted by atomic mass is 127. The molecule has 6 nitrogen and oxygen atoms in total. The summed E-state index contributed by atoms with van der Waals surface area (Å²) in [4.78, 5) is 10.1. The molecule has 1 aromatic carbocycles. The monoisotopic (exact) mass is 529 g/mol. The van der Waals surface area contributed by atoms with Crippen molar-refractivity contribution in [2.24, 2.45) is 4.99 Å². The van der Waals surface area contributed by atoms with Crippen molar-refractivity contribution in [1.29, 1.82) is 0 Å².